The predicted molar refractivity (Wildman–Crippen MR) is 91.9 cm³/mol. The molecular weight excluding hydrogens is 292 g/mol. The fourth-order valence-electron chi connectivity index (χ4n) is 2.00. The van der Waals surface area contributed by atoms with Crippen molar-refractivity contribution < 1.29 is 9.47 Å². The van der Waals surface area contributed by atoms with Crippen LogP contribution in [0.25, 0.3) is 0 Å². The van der Waals surface area contributed by atoms with Gasteiger partial charge in [-0.25, -0.2) is 0 Å². The average molecular weight is 320 g/mol. The van der Waals surface area contributed by atoms with Crippen LogP contribution in [0.5, 0.6) is 5.75 Å². The van der Waals surface area contributed by atoms with E-state index in [0.717, 1.165) is 50.4 Å². The molecule has 6 heteroatoms. The molecular formula is C17H28N4O2. The summed E-state index contributed by atoms with van der Waals surface area (Å²) >= 11 is 0. The molecule has 1 saturated carbocycles. The number of aromatic nitrogens is 1. The van der Waals surface area contributed by atoms with Crippen LogP contribution in [0.3, 0.4) is 0 Å². The molecule has 0 atom stereocenters. The highest BCUT2D eigenvalue weighted by atomic mass is 16.5. The number of guanidine groups is 1. The lowest BCUT2D eigenvalue weighted by molar-refractivity contribution is 0.123. The lowest BCUT2D eigenvalue weighted by atomic mass is 10.4. The zero-order valence-corrected chi connectivity index (χ0v) is 14.0. The van der Waals surface area contributed by atoms with Crippen molar-refractivity contribution in [2.24, 2.45) is 10.9 Å². The lowest BCUT2D eigenvalue weighted by Gasteiger charge is -2.12. The third-order valence-corrected chi connectivity index (χ3v) is 3.41. The van der Waals surface area contributed by atoms with Crippen molar-refractivity contribution in [2.45, 2.75) is 26.2 Å². The van der Waals surface area contributed by atoms with E-state index in [1.165, 1.54) is 12.8 Å². The first-order chi connectivity index (χ1) is 11.4. The van der Waals surface area contributed by atoms with Crippen LogP contribution in [-0.4, -0.2) is 50.4 Å². The van der Waals surface area contributed by atoms with Gasteiger partial charge in [-0.1, -0.05) is 0 Å². The molecule has 0 aliphatic heterocycles. The zero-order chi connectivity index (χ0) is 16.2. The first-order valence-electron chi connectivity index (χ1n) is 8.51. The molecule has 0 spiro atoms. The highest BCUT2D eigenvalue weighted by Gasteiger charge is 2.20. The molecule has 0 amide bonds. The van der Waals surface area contributed by atoms with Crippen molar-refractivity contribution in [3.63, 3.8) is 0 Å². The molecule has 0 unspecified atom stereocenters. The minimum atomic E-state index is 0.570. The minimum Gasteiger partial charge on any atom is -0.490 e. The Hall–Kier alpha value is -1.82. The highest BCUT2D eigenvalue weighted by Crippen LogP contribution is 2.28. The van der Waals surface area contributed by atoms with Crippen LogP contribution in [0, 0.1) is 5.92 Å². The molecule has 1 aliphatic rings. The van der Waals surface area contributed by atoms with Gasteiger partial charge >= 0.3 is 0 Å². The van der Waals surface area contributed by atoms with Crippen molar-refractivity contribution in [2.75, 3.05) is 39.5 Å². The predicted octanol–water partition coefficient (Wildman–Crippen LogP) is 1.83. The van der Waals surface area contributed by atoms with Crippen LogP contribution < -0.4 is 15.4 Å². The van der Waals surface area contributed by atoms with Crippen molar-refractivity contribution in [3.05, 3.63) is 24.5 Å². The van der Waals surface area contributed by atoms with E-state index >= 15 is 0 Å². The van der Waals surface area contributed by atoms with E-state index in [1.54, 1.807) is 12.4 Å². The quantitative estimate of drug-likeness (QED) is 0.370. The van der Waals surface area contributed by atoms with E-state index in [2.05, 4.69) is 27.5 Å². The maximum atomic E-state index is 5.61. The summed E-state index contributed by atoms with van der Waals surface area (Å²) in [7, 11) is 0. The summed E-state index contributed by atoms with van der Waals surface area (Å²) in [4.78, 5) is 8.55. The number of aliphatic imine (C=N–C) groups is 1. The van der Waals surface area contributed by atoms with Crippen LogP contribution in [0.1, 0.15) is 26.2 Å². The SMILES string of the molecule is CCNC(=NCCCOCC1CC1)NCCOc1cccnc1. The summed E-state index contributed by atoms with van der Waals surface area (Å²) in [5.74, 6) is 2.44. The Labute approximate surface area is 138 Å². The second-order valence-electron chi connectivity index (χ2n) is 5.60. The fourth-order valence-corrected chi connectivity index (χ4v) is 2.00. The van der Waals surface area contributed by atoms with Gasteiger partial charge in [0, 0.05) is 32.5 Å². The number of pyridine rings is 1. The Morgan fingerprint density at radius 1 is 1.35 bits per heavy atom. The Balaban J connectivity index is 1.55. The van der Waals surface area contributed by atoms with E-state index in [4.69, 9.17) is 9.47 Å². The van der Waals surface area contributed by atoms with Crippen LogP contribution in [-0.2, 0) is 4.74 Å². The second kappa shape index (κ2) is 10.8. The first-order valence-corrected chi connectivity index (χ1v) is 8.51. The largest absolute Gasteiger partial charge is 0.490 e. The monoisotopic (exact) mass is 320 g/mol. The van der Waals surface area contributed by atoms with E-state index in [1.807, 2.05) is 12.1 Å². The topological polar surface area (TPSA) is 67.8 Å². The number of ether oxygens (including phenoxy) is 2. The summed E-state index contributed by atoms with van der Waals surface area (Å²) in [5.41, 5.74) is 0. The van der Waals surface area contributed by atoms with Gasteiger partial charge in [0.25, 0.3) is 0 Å². The summed E-state index contributed by atoms with van der Waals surface area (Å²) in [6, 6.07) is 3.76. The van der Waals surface area contributed by atoms with E-state index in [9.17, 15) is 0 Å². The number of nitrogens with one attached hydrogen (secondary N) is 2. The molecule has 0 bridgehead atoms. The first kappa shape index (κ1) is 17.5. The van der Waals surface area contributed by atoms with Crippen LogP contribution in [0.15, 0.2) is 29.5 Å². The van der Waals surface area contributed by atoms with Gasteiger partial charge in [0.05, 0.1) is 12.7 Å². The van der Waals surface area contributed by atoms with Crippen LogP contribution in [0.4, 0.5) is 0 Å². The zero-order valence-electron chi connectivity index (χ0n) is 14.0. The molecule has 0 radical (unpaired) electrons. The maximum Gasteiger partial charge on any atom is 0.191 e. The molecule has 0 saturated heterocycles. The maximum absolute atomic E-state index is 5.61. The third kappa shape index (κ3) is 8.40. The van der Waals surface area contributed by atoms with E-state index in [-0.39, 0.29) is 0 Å². The molecule has 1 heterocycles. The minimum absolute atomic E-state index is 0.570. The van der Waals surface area contributed by atoms with Gasteiger partial charge in [-0.15, -0.1) is 0 Å². The molecule has 2 rings (SSSR count). The van der Waals surface area contributed by atoms with Crippen molar-refractivity contribution in [1.82, 2.24) is 15.6 Å². The number of nitrogens with zero attached hydrogens (tertiary/aromatic N) is 2. The summed E-state index contributed by atoms with van der Waals surface area (Å²) in [6.45, 7) is 6.65. The van der Waals surface area contributed by atoms with Gasteiger partial charge < -0.3 is 20.1 Å². The van der Waals surface area contributed by atoms with E-state index < -0.39 is 0 Å². The van der Waals surface area contributed by atoms with Crippen LogP contribution >= 0.6 is 0 Å². The van der Waals surface area contributed by atoms with Gasteiger partial charge in [0.1, 0.15) is 12.4 Å². The Bertz CT molecular complexity index is 449. The van der Waals surface area contributed by atoms with Crippen molar-refractivity contribution >= 4 is 5.96 Å². The van der Waals surface area contributed by atoms with Gasteiger partial charge in [0.2, 0.25) is 0 Å². The lowest BCUT2D eigenvalue weighted by Crippen LogP contribution is -2.39. The number of rotatable bonds is 11. The van der Waals surface area contributed by atoms with Crippen molar-refractivity contribution in [1.29, 1.82) is 0 Å². The van der Waals surface area contributed by atoms with Crippen molar-refractivity contribution in [3.8, 4) is 5.75 Å². The fraction of sp³-hybridized carbons (Fsp3) is 0.647. The molecule has 1 aliphatic carbocycles. The molecule has 128 valence electrons. The normalized spacial score (nSPS) is 14.6. The summed E-state index contributed by atoms with van der Waals surface area (Å²) in [5, 5.41) is 6.49. The van der Waals surface area contributed by atoms with Gasteiger partial charge in [0.15, 0.2) is 5.96 Å². The Morgan fingerprint density at radius 2 is 2.26 bits per heavy atom. The van der Waals surface area contributed by atoms with Crippen LogP contribution in [0.2, 0.25) is 0 Å². The van der Waals surface area contributed by atoms with Gasteiger partial charge in [-0.2, -0.15) is 0 Å². The number of hydrogen-bond donors (Lipinski definition) is 2. The Kier molecular flexibility index (Phi) is 8.26. The summed E-state index contributed by atoms with van der Waals surface area (Å²) in [6.07, 6.45) is 7.08. The molecule has 1 fully saturated rings. The standard InChI is InChI=1S/C17H28N4O2/c1-2-19-17(20-9-4-11-22-14-15-6-7-15)21-10-12-23-16-5-3-8-18-13-16/h3,5,8,13,15H,2,4,6-7,9-12,14H2,1H3,(H2,19,20,21). The molecule has 23 heavy (non-hydrogen) atoms. The summed E-state index contributed by atoms with van der Waals surface area (Å²) < 4.78 is 11.2. The second-order valence-corrected chi connectivity index (χ2v) is 5.60. The van der Waals surface area contributed by atoms with Gasteiger partial charge in [-0.3, -0.25) is 9.98 Å². The molecule has 2 N–H and O–H groups in total. The molecule has 0 aromatic carbocycles. The molecule has 1 aromatic heterocycles. The molecule has 6 nitrogen and oxygen atoms in total. The average Bonchev–Trinajstić information content (AvgIpc) is 3.40. The van der Waals surface area contributed by atoms with Gasteiger partial charge in [-0.05, 0) is 44.2 Å². The van der Waals surface area contributed by atoms with E-state index in [0.29, 0.717) is 13.2 Å². The highest BCUT2D eigenvalue weighted by molar-refractivity contribution is 5.79. The number of hydrogen-bond acceptors (Lipinski definition) is 4. The Morgan fingerprint density at radius 3 is 3.00 bits per heavy atom. The molecule has 1 aromatic rings. The third-order valence-electron chi connectivity index (χ3n) is 3.41. The smallest absolute Gasteiger partial charge is 0.191 e.